The van der Waals surface area contributed by atoms with Gasteiger partial charge < -0.3 is 9.47 Å². The number of ether oxygens (including phenoxy) is 2. The molecule has 2 amide bonds. The van der Waals surface area contributed by atoms with Crippen molar-refractivity contribution in [3.8, 4) is 0 Å². The number of benzene rings is 1. The molecule has 1 aromatic rings. The van der Waals surface area contributed by atoms with Crippen molar-refractivity contribution in [2.45, 2.75) is 60.3 Å². The smallest absolute Gasteiger partial charge is 0.411 e. The molecule has 0 heterocycles. The molecule has 0 saturated carbocycles. The predicted octanol–water partition coefficient (Wildman–Crippen LogP) is 5.96. The van der Waals surface area contributed by atoms with Crippen LogP contribution in [-0.2, 0) is 9.47 Å². The molecule has 0 unspecified atom stereocenters. The molecule has 6 heteroatoms. The summed E-state index contributed by atoms with van der Waals surface area (Å²) in [5.41, 5.74) is 2.04. The second kappa shape index (κ2) is 12.2. The molecule has 0 radical (unpaired) electrons. The highest BCUT2D eigenvalue weighted by atomic mass is 16.6. The number of carbonyl (C=O) groups is 2. The molecule has 1 rings (SSSR count). The second-order valence-corrected chi connectivity index (χ2v) is 7.62. The van der Waals surface area contributed by atoms with Crippen molar-refractivity contribution in [3.05, 3.63) is 23.8 Å². The first-order valence-corrected chi connectivity index (χ1v) is 9.76. The van der Waals surface area contributed by atoms with Crippen LogP contribution >= 0.6 is 0 Å². The van der Waals surface area contributed by atoms with E-state index in [-0.39, 0.29) is 0 Å². The van der Waals surface area contributed by atoms with Gasteiger partial charge in [0.15, 0.2) is 0 Å². The molecule has 0 atom stereocenters. The normalized spacial score (nSPS) is 10.8. The van der Waals surface area contributed by atoms with E-state index in [9.17, 15) is 9.59 Å². The van der Waals surface area contributed by atoms with E-state index in [4.69, 9.17) is 9.47 Å². The average Bonchev–Trinajstić information content (AvgIpc) is 2.58. The van der Waals surface area contributed by atoms with Crippen LogP contribution in [0.2, 0.25) is 0 Å². The molecule has 1 aromatic carbocycles. The quantitative estimate of drug-likeness (QED) is 0.492. The van der Waals surface area contributed by atoms with Crippen molar-refractivity contribution in [3.63, 3.8) is 0 Å². The monoisotopic (exact) mass is 378 g/mol. The van der Waals surface area contributed by atoms with Gasteiger partial charge in [0.25, 0.3) is 0 Å². The Morgan fingerprint density at radius 2 is 1.41 bits per heavy atom. The molecule has 2 N–H and O–H groups in total. The average molecular weight is 379 g/mol. The fourth-order valence-electron chi connectivity index (χ4n) is 2.45. The highest BCUT2D eigenvalue weighted by Gasteiger charge is 2.09. The van der Waals surface area contributed by atoms with Gasteiger partial charge >= 0.3 is 12.2 Å². The lowest BCUT2D eigenvalue weighted by Gasteiger charge is -2.12. The van der Waals surface area contributed by atoms with Crippen LogP contribution in [0.15, 0.2) is 18.2 Å². The molecule has 6 nitrogen and oxygen atoms in total. The first-order chi connectivity index (χ1) is 12.8. The molecule has 0 aliphatic rings. The highest BCUT2D eigenvalue weighted by Crippen LogP contribution is 2.21. The Morgan fingerprint density at radius 1 is 0.889 bits per heavy atom. The van der Waals surface area contributed by atoms with Gasteiger partial charge in [0.1, 0.15) is 0 Å². The van der Waals surface area contributed by atoms with Crippen molar-refractivity contribution in [1.82, 2.24) is 0 Å². The maximum atomic E-state index is 11.9. The van der Waals surface area contributed by atoms with Crippen LogP contribution in [0.5, 0.6) is 0 Å². The van der Waals surface area contributed by atoms with Gasteiger partial charge in [-0.15, -0.1) is 0 Å². The molecule has 0 aliphatic heterocycles. The van der Waals surface area contributed by atoms with Crippen molar-refractivity contribution in [2.75, 3.05) is 23.8 Å². The number of aryl methyl sites for hydroxylation is 1. The van der Waals surface area contributed by atoms with Gasteiger partial charge in [0.05, 0.1) is 13.2 Å². The summed E-state index contributed by atoms with van der Waals surface area (Å²) in [5, 5.41) is 5.41. The second-order valence-electron chi connectivity index (χ2n) is 7.62. The van der Waals surface area contributed by atoms with Crippen LogP contribution in [0.1, 0.15) is 58.9 Å². The Hall–Kier alpha value is -2.24. The molecular weight excluding hydrogens is 344 g/mol. The predicted molar refractivity (Wildman–Crippen MR) is 109 cm³/mol. The number of anilines is 2. The standard InChI is InChI=1S/C21H34N2O4/c1-15(2)8-6-12-26-20(24)22-18-11-10-17(5)19(14-18)23-21(25)27-13-7-9-16(3)4/h10-11,14-16H,6-9,12-13H2,1-5H3,(H,22,24)(H,23,25). The van der Waals surface area contributed by atoms with E-state index in [1.54, 1.807) is 12.1 Å². The summed E-state index contributed by atoms with van der Waals surface area (Å²) in [7, 11) is 0. The van der Waals surface area contributed by atoms with Crippen LogP contribution in [0, 0.1) is 18.8 Å². The minimum absolute atomic E-state index is 0.393. The van der Waals surface area contributed by atoms with Gasteiger partial charge in [-0.3, -0.25) is 10.6 Å². The maximum Gasteiger partial charge on any atom is 0.411 e. The van der Waals surface area contributed by atoms with Crippen LogP contribution in [0.3, 0.4) is 0 Å². The molecule has 0 saturated heterocycles. The summed E-state index contributed by atoms with van der Waals surface area (Å²) in [4.78, 5) is 23.8. The van der Waals surface area contributed by atoms with Crippen LogP contribution in [-0.4, -0.2) is 25.4 Å². The lowest BCUT2D eigenvalue weighted by atomic mass is 10.1. The number of rotatable bonds is 10. The third-order valence-electron chi connectivity index (χ3n) is 4.04. The third kappa shape index (κ3) is 10.5. The van der Waals surface area contributed by atoms with Crippen molar-refractivity contribution >= 4 is 23.6 Å². The summed E-state index contributed by atoms with van der Waals surface area (Å²) in [5.74, 6) is 1.18. The molecule has 0 aliphatic carbocycles. The number of amides is 2. The van der Waals surface area contributed by atoms with E-state index >= 15 is 0 Å². The van der Waals surface area contributed by atoms with E-state index in [1.165, 1.54) is 0 Å². The van der Waals surface area contributed by atoms with Crippen LogP contribution in [0.4, 0.5) is 21.0 Å². The van der Waals surface area contributed by atoms with Gasteiger partial charge in [-0.2, -0.15) is 0 Å². The van der Waals surface area contributed by atoms with E-state index < -0.39 is 12.2 Å². The summed E-state index contributed by atoms with van der Waals surface area (Å²) in [6.07, 6.45) is 2.74. The Balaban J connectivity index is 2.46. The molecular formula is C21H34N2O4. The molecule has 152 valence electrons. The van der Waals surface area contributed by atoms with E-state index in [2.05, 4.69) is 38.3 Å². The summed E-state index contributed by atoms with van der Waals surface area (Å²) in [6.45, 7) is 11.2. The van der Waals surface area contributed by atoms with Crippen molar-refractivity contribution in [2.24, 2.45) is 11.8 Å². The van der Waals surface area contributed by atoms with Gasteiger partial charge in [0, 0.05) is 11.4 Å². The van der Waals surface area contributed by atoms with Gasteiger partial charge in [-0.1, -0.05) is 33.8 Å². The summed E-state index contributed by atoms with van der Waals surface area (Å²) in [6, 6.07) is 5.28. The van der Waals surface area contributed by atoms with Crippen LogP contribution in [0.25, 0.3) is 0 Å². The first-order valence-electron chi connectivity index (χ1n) is 9.76. The Labute approximate surface area is 163 Å². The van der Waals surface area contributed by atoms with Gasteiger partial charge in [-0.05, 0) is 62.1 Å². The number of hydrogen-bond acceptors (Lipinski definition) is 4. The largest absolute Gasteiger partial charge is 0.449 e. The van der Waals surface area contributed by atoms with E-state index in [0.717, 1.165) is 31.2 Å². The Bertz CT molecular complexity index is 600. The fourth-order valence-corrected chi connectivity index (χ4v) is 2.45. The molecule has 27 heavy (non-hydrogen) atoms. The number of carbonyl (C=O) groups excluding carboxylic acids is 2. The third-order valence-corrected chi connectivity index (χ3v) is 4.04. The summed E-state index contributed by atoms with van der Waals surface area (Å²) < 4.78 is 10.4. The molecule has 0 spiro atoms. The van der Waals surface area contributed by atoms with Gasteiger partial charge in [0.2, 0.25) is 0 Å². The lowest BCUT2D eigenvalue weighted by Crippen LogP contribution is -2.17. The maximum absolute atomic E-state index is 11.9. The van der Waals surface area contributed by atoms with Crippen molar-refractivity contribution < 1.29 is 19.1 Å². The first kappa shape index (κ1) is 22.8. The Morgan fingerprint density at radius 3 is 1.93 bits per heavy atom. The zero-order valence-corrected chi connectivity index (χ0v) is 17.3. The summed E-state index contributed by atoms with van der Waals surface area (Å²) >= 11 is 0. The molecule has 0 aromatic heterocycles. The zero-order valence-electron chi connectivity index (χ0n) is 17.3. The highest BCUT2D eigenvalue weighted by molar-refractivity contribution is 5.89. The fraction of sp³-hybridized carbons (Fsp3) is 0.619. The SMILES string of the molecule is Cc1ccc(NC(=O)OCCCC(C)C)cc1NC(=O)OCCCC(C)C. The van der Waals surface area contributed by atoms with E-state index in [1.807, 2.05) is 13.0 Å². The zero-order chi connectivity index (χ0) is 20.2. The van der Waals surface area contributed by atoms with Crippen molar-refractivity contribution in [1.29, 1.82) is 0 Å². The number of hydrogen-bond donors (Lipinski definition) is 2. The minimum atomic E-state index is -0.496. The van der Waals surface area contributed by atoms with Gasteiger partial charge in [-0.25, -0.2) is 9.59 Å². The topological polar surface area (TPSA) is 76.7 Å². The molecule has 0 fully saturated rings. The lowest BCUT2D eigenvalue weighted by molar-refractivity contribution is 0.157. The Kier molecular flexibility index (Phi) is 10.3. The minimum Gasteiger partial charge on any atom is -0.449 e. The van der Waals surface area contributed by atoms with E-state index in [0.29, 0.717) is 36.4 Å². The number of nitrogens with one attached hydrogen (secondary N) is 2. The molecule has 0 bridgehead atoms. The van der Waals surface area contributed by atoms with Crippen LogP contribution < -0.4 is 10.6 Å².